The molecule has 8 aromatic rings. The summed E-state index contributed by atoms with van der Waals surface area (Å²) >= 11 is 0. The summed E-state index contributed by atoms with van der Waals surface area (Å²) in [6.07, 6.45) is 1.67. The van der Waals surface area contributed by atoms with E-state index in [2.05, 4.69) is 61.6 Å². The van der Waals surface area contributed by atoms with Crippen LogP contribution in [0.3, 0.4) is 0 Å². The second-order valence-electron chi connectivity index (χ2n) is 9.56. The average molecular weight is 619 g/mol. The van der Waals surface area contributed by atoms with Crippen molar-refractivity contribution in [2.24, 2.45) is 0 Å². The molecule has 0 aliphatic rings. The van der Waals surface area contributed by atoms with Crippen molar-refractivity contribution in [2.75, 3.05) is 0 Å². The van der Waals surface area contributed by atoms with E-state index in [1.807, 2.05) is 48.5 Å². The normalized spacial score (nSPS) is 10.4. The van der Waals surface area contributed by atoms with E-state index in [4.69, 9.17) is 0 Å². The van der Waals surface area contributed by atoms with E-state index in [1.54, 1.807) is 24.4 Å². The molecule has 4 aromatic heterocycles. The molecule has 0 spiro atoms. The third kappa shape index (κ3) is 3.93. The van der Waals surface area contributed by atoms with E-state index in [0.717, 1.165) is 16.2 Å². The van der Waals surface area contributed by atoms with Crippen LogP contribution in [0.25, 0.3) is 65.4 Å². The van der Waals surface area contributed by atoms with Gasteiger partial charge in [-0.3, -0.25) is 0 Å². The van der Waals surface area contributed by atoms with E-state index >= 15 is 0 Å². The minimum Gasteiger partial charge on any atom is -0.192 e. The number of hydrogen-bond donors (Lipinski definition) is 0. The Kier molecular flexibility index (Phi) is 6.56. The topological polar surface area (TPSA) is 297 Å². The number of nitrogens with zero attached hydrogens (tertiary/aromatic N) is 18. The Hall–Kier alpha value is -8.58. The maximum atomic E-state index is 9.81. The molecule has 0 amide bonds. The Morgan fingerprint density at radius 3 is 1.48 bits per heavy atom. The van der Waals surface area contributed by atoms with Crippen molar-refractivity contribution in [1.29, 1.82) is 31.6 Å². The zero-order chi connectivity index (χ0) is 33.4. The van der Waals surface area contributed by atoms with Crippen molar-refractivity contribution in [2.45, 2.75) is 0 Å². The molecule has 48 heavy (non-hydrogen) atoms. The predicted molar refractivity (Wildman–Crippen MR) is 160 cm³/mol. The minimum absolute atomic E-state index is 0.00465. The maximum absolute atomic E-state index is 9.81. The summed E-state index contributed by atoms with van der Waals surface area (Å²) in [7, 11) is 0. The molecule has 0 aliphatic carbocycles. The van der Waals surface area contributed by atoms with Gasteiger partial charge in [0.25, 0.3) is 0 Å². The monoisotopic (exact) mass is 618 g/mol. The first kappa shape index (κ1) is 28.2. The molecule has 0 saturated carbocycles. The van der Waals surface area contributed by atoms with E-state index in [9.17, 15) is 31.6 Å². The lowest BCUT2D eigenvalue weighted by Gasteiger charge is -2.13. The van der Waals surface area contributed by atoms with Crippen molar-refractivity contribution < 1.29 is 0 Å². The van der Waals surface area contributed by atoms with Gasteiger partial charge in [0.15, 0.2) is 5.69 Å². The largest absolute Gasteiger partial charge is 0.192 e. The van der Waals surface area contributed by atoms with Crippen molar-refractivity contribution >= 4 is 65.4 Å². The predicted octanol–water partition coefficient (Wildman–Crippen LogP) is 2.26. The second kappa shape index (κ2) is 11.2. The van der Waals surface area contributed by atoms with Gasteiger partial charge in [-0.05, 0) is 32.3 Å². The van der Waals surface area contributed by atoms with Gasteiger partial charge in [-0.1, -0.05) is 24.3 Å². The molecule has 0 unspecified atom stereocenters. The first-order chi connectivity index (χ1) is 23.6. The molecule has 0 fully saturated rings. The number of nitriles is 6. The van der Waals surface area contributed by atoms with Crippen LogP contribution >= 0.6 is 0 Å². The van der Waals surface area contributed by atoms with E-state index in [0.29, 0.717) is 16.6 Å². The Bertz CT molecular complexity index is 2750. The summed E-state index contributed by atoms with van der Waals surface area (Å²) in [5.41, 5.74) is 0.215. The number of hydrogen-bond acceptors (Lipinski definition) is 18. The van der Waals surface area contributed by atoms with Crippen molar-refractivity contribution in [1.82, 2.24) is 61.6 Å². The van der Waals surface area contributed by atoms with Crippen molar-refractivity contribution in [3.63, 3.8) is 0 Å². The molecule has 0 N–H and O–H groups in total. The van der Waals surface area contributed by atoms with Gasteiger partial charge in [0.2, 0.25) is 0 Å². The van der Waals surface area contributed by atoms with E-state index in [-0.39, 0.29) is 66.2 Å². The Labute approximate surface area is 265 Å². The molecule has 18 nitrogen and oxygen atoms in total. The van der Waals surface area contributed by atoms with Crippen LogP contribution in [0.1, 0.15) is 33.5 Å². The van der Waals surface area contributed by atoms with Gasteiger partial charge in [0.1, 0.15) is 75.1 Å². The van der Waals surface area contributed by atoms with Gasteiger partial charge >= 0.3 is 0 Å². The minimum atomic E-state index is -0.348. The molecule has 216 valence electrons. The molecule has 4 aromatic carbocycles. The van der Waals surface area contributed by atoms with Gasteiger partial charge in [-0.15, -0.1) is 35.7 Å². The van der Waals surface area contributed by atoms with E-state index in [1.165, 1.54) is 0 Å². The zero-order valence-electron chi connectivity index (χ0n) is 23.5. The third-order valence-electron chi connectivity index (χ3n) is 7.37. The zero-order valence-corrected chi connectivity index (χ0v) is 23.5. The highest BCUT2D eigenvalue weighted by Gasteiger charge is 2.28. The summed E-state index contributed by atoms with van der Waals surface area (Å²) in [5.74, 6) is 0. The van der Waals surface area contributed by atoms with Gasteiger partial charge in [0.05, 0.1) is 28.5 Å². The van der Waals surface area contributed by atoms with Crippen molar-refractivity contribution in [3.8, 4) is 36.4 Å². The van der Waals surface area contributed by atoms with Crippen LogP contribution in [0.15, 0.2) is 36.5 Å². The van der Waals surface area contributed by atoms with Crippen LogP contribution in [-0.4, -0.2) is 61.6 Å². The van der Waals surface area contributed by atoms with Crippen LogP contribution in [0.5, 0.6) is 0 Å². The molecule has 4 heterocycles. The van der Waals surface area contributed by atoms with Crippen LogP contribution in [0, 0.1) is 68.0 Å². The molecule has 0 radical (unpaired) electrons. The molecule has 0 bridgehead atoms. The van der Waals surface area contributed by atoms with Gasteiger partial charge in [0, 0.05) is 26.9 Å². The lowest BCUT2D eigenvalue weighted by molar-refractivity contribution is 0.799. The summed E-state index contributed by atoms with van der Waals surface area (Å²) < 4.78 is 0. The second-order valence-corrected chi connectivity index (χ2v) is 9.56. The first-order valence-corrected chi connectivity index (χ1v) is 13.2. The number of aromatic nitrogens is 12. The summed E-state index contributed by atoms with van der Waals surface area (Å²) in [4.78, 5) is 0. The molecule has 0 atom stereocenters. The quantitative estimate of drug-likeness (QED) is 0.220. The molecule has 0 aliphatic heterocycles. The summed E-state index contributed by atoms with van der Waals surface area (Å²) in [5, 5.41) is 106. The fourth-order valence-corrected chi connectivity index (χ4v) is 5.48. The van der Waals surface area contributed by atoms with Crippen molar-refractivity contribution in [3.05, 3.63) is 70.0 Å². The maximum Gasteiger partial charge on any atom is 0.181 e. The molecule has 0 saturated heterocycles. The SMILES string of the molecule is N#Cc1nnc2c3nnnnc3c3c(C#N)c(C#N)c(C#N)c(C#N)c3c2c1C#N.c1ccc2c(c1)c1ccnnc1c1nnnnc21. The molecular formula is C30H6N18. The molecule has 18 heteroatoms. The first-order valence-electron chi connectivity index (χ1n) is 13.2. The Morgan fingerprint density at radius 2 is 0.854 bits per heavy atom. The standard InChI is InChI=1S/C18N12.C12H6N6/c19-1-7-8(2-20)10(4-22)14-13(9(7)3-21)15-11(5-23)12(6-24)25-26-16(15)18-17(14)27-29-30-28-18;1-2-4-8-7(3-1)9-5-6-13-14-10(9)12-11(8)15-17-18-16-12/h;1-6H. The average Bonchev–Trinajstić information content (AvgIpc) is 3.16. The van der Waals surface area contributed by atoms with Gasteiger partial charge in [-0.25, -0.2) is 0 Å². The number of fused-ring (bicyclic) bond motifs is 12. The lowest BCUT2D eigenvalue weighted by Crippen LogP contribution is -2.05. The fraction of sp³-hybridized carbons (Fsp3) is 0. The van der Waals surface area contributed by atoms with Gasteiger partial charge < -0.3 is 0 Å². The summed E-state index contributed by atoms with van der Waals surface area (Å²) in [6, 6.07) is 20.7. The molecule has 8 rings (SSSR count). The Morgan fingerprint density at radius 1 is 0.375 bits per heavy atom. The highest BCUT2D eigenvalue weighted by atomic mass is 15.4. The van der Waals surface area contributed by atoms with Crippen LogP contribution < -0.4 is 0 Å². The highest BCUT2D eigenvalue weighted by molar-refractivity contribution is 6.26. The van der Waals surface area contributed by atoms with Crippen LogP contribution in [0.2, 0.25) is 0 Å². The lowest BCUT2D eigenvalue weighted by atomic mass is 9.87. The summed E-state index contributed by atoms with van der Waals surface area (Å²) in [6.45, 7) is 0. The van der Waals surface area contributed by atoms with E-state index < -0.39 is 0 Å². The van der Waals surface area contributed by atoms with Crippen LogP contribution in [0.4, 0.5) is 0 Å². The molecular weight excluding hydrogens is 612 g/mol. The number of rotatable bonds is 0. The smallest absolute Gasteiger partial charge is 0.181 e. The van der Waals surface area contributed by atoms with Crippen LogP contribution in [-0.2, 0) is 0 Å². The fourth-order valence-electron chi connectivity index (χ4n) is 5.48. The Balaban J connectivity index is 0.000000171. The third-order valence-corrected chi connectivity index (χ3v) is 7.37. The van der Waals surface area contributed by atoms with Gasteiger partial charge in [-0.2, -0.15) is 36.7 Å². The number of benzene rings is 4. The highest BCUT2D eigenvalue weighted by Crippen LogP contribution is 2.40.